The molecule has 1 unspecified atom stereocenters. The van der Waals surface area contributed by atoms with Crippen molar-refractivity contribution in [1.29, 1.82) is 0 Å². The van der Waals surface area contributed by atoms with Crippen LogP contribution in [-0.2, 0) is 6.54 Å². The van der Waals surface area contributed by atoms with E-state index >= 15 is 0 Å². The predicted octanol–water partition coefficient (Wildman–Crippen LogP) is 4.30. The zero-order valence-electron chi connectivity index (χ0n) is 13.6. The molecule has 0 amide bonds. The second-order valence-corrected chi connectivity index (χ2v) is 5.48. The van der Waals surface area contributed by atoms with Crippen molar-refractivity contribution >= 4 is 11.0 Å². The van der Waals surface area contributed by atoms with E-state index in [0.29, 0.717) is 0 Å². The van der Waals surface area contributed by atoms with Crippen molar-refractivity contribution in [3.63, 3.8) is 0 Å². The van der Waals surface area contributed by atoms with Gasteiger partial charge in [0.15, 0.2) is 11.3 Å². The van der Waals surface area contributed by atoms with Crippen molar-refractivity contribution in [3.05, 3.63) is 59.9 Å². The average Bonchev–Trinajstić information content (AvgIpc) is 3.04. The van der Waals surface area contributed by atoms with E-state index in [1.54, 1.807) is 14.2 Å². The highest BCUT2D eigenvalue weighted by atomic mass is 16.5. The van der Waals surface area contributed by atoms with Gasteiger partial charge in [0.1, 0.15) is 11.5 Å². The van der Waals surface area contributed by atoms with Crippen molar-refractivity contribution in [2.75, 3.05) is 14.2 Å². The molecule has 0 aliphatic heterocycles. The van der Waals surface area contributed by atoms with Gasteiger partial charge in [-0.25, -0.2) is 0 Å². The highest BCUT2D eigenvalue weighted by Gasteiger charge is 2.13. The Morgan fingerprint density at radius 3 is 2.65 bits per heavy atom. The Labute approximate surface area is 136 Å². The third kappa shape index (κ3) is 3.32. The van der Waals surface area contributed by atoms with Crippen LogP contribution in [0.15, 0.2) is 52.9 Å². The normalized spacial score (nSPS) is 12.3. The smallest absolute Gasteiger partial charge is 0.176 e. The molecule has 0 saturated heterocycles. The molecular formula is C19H21NO3. The third-order valence-electron chi connectivity index (χ3n) is 3.92. The number of fused-ring (bicyclic) bond motifs is 1. The highest BCUT2D eigenvalue weighted by molar-refractivity contribution is 5.83. The van der Waals surface area contributed by atoms with Crippen molar-refractivity contribution < 1.29 is 13.9 Å². The summed E-state index contributed by atoms with van der Waals surface area (Å²) in [5.74, 6) is 2.52. The zero-order valence-corrected chi connectivity index (χ0v) is 13.6. The Morgan fingerprint density at radius 2 is 1.87 bits per heavy atom. The van der Waals surface area contributed by atoms with Crippen molar-refractivity contribution in [1.82, 2.24) is 5.32 Å². The summed E-state index contributed by atoms with van der Waals surface area (Å²) in [5, 5.41) is 4.53. The number of hydrogen-bond donors (Lipinski definition) is 1. The van der Waals surface area contributed by atoms with Crippen LogP contribution in [0.3, 0.4) is 0 Å². The number of benzene rings is 2. The first-order valence-corrected chi connectivity index (χ1v) is 7.64. The number of methoxy groups -OCH3 is 2. The average molecular weight is 311 g/mol. The monoisotopic (exact) mass is 311 g/mol. The van der Waals surface area contributed by atoms with E-state index in [1.807, 2.05) is 36.4 Å². The predicted molar refractivity (Wildman–Crippen MR) is 91.0 cm³/mol. The van der Waals surface area contributed by atoms with E-state index in [2.05, 4.69) is 24.4 Å². The summed E-state index contributed by atoms with van der Waals surface area (Å²) < 4.78 is 16.6. The van der Waals surface area contributed by atoms with E-state index in [1.165, 1.54) is 5.56 Å². The fraction of sp³-hybridized carbons (Fsp3) is 0.263. The van der Waals surface area contributed by atoms with Gasteiger partial charge in [-0.2, -0.15) is 0 Å². The minimum atomic E-state index is 0.0957. The van der Waals surface area contributed by atoms with Crippen LogP contribution in [0.1, 0.15) is 24.3 Å². The molecule has 0 spiro atoms. The van der Waals surface area contributed by atoms with Crippen molar-refractivity contribution in [3.8, 4) is 11.5 Å². The maximum atomic E-state index is 5.97. The summed E-state index contributed by atoms with van der Waals surface area (Å²) in [6.45, 7) is 2.83. The molecule has 3 rings (SSSR count). The Bertz CT molecular complexity index is 794. The van der Waals surface area contributed by atoms with Crippen LogP contribution in [-0.4, -0.2) is 14.2 Å². The molecule has 0 radical (unpaired) electrons. The van der Waals surface area contributed by atoms with Gasteiger partial charge < -0.3 is 19.2 Å². The molecule has 1 atom stereocenters. The van der Waals surface area contributed by atoms with Gasteiger partial charge in [-0.3, -0.25) is 0 Å². The zero-order chi connectivity index (χ0) is 16.2. The number of hydrogen-bond acceptors (Lipinski definition) is 4. The molecule has 23 heavy (non-hydrogen) atoms. The molecule has 2 aromatic carbocycles. The largest absolute Gasteiger partial charge is 0.497 e. The van der Waals surface area contributed by atoms with Gasteiger partial charge >= 0.3 is 0 Å². The molecule has 4 heteroatoms. The Balaban J connectivity index is 1.74. The van der Waals surface area contributed by atoms with Crippen molar-refractivity contribution in [2.24, 2.45) is 0 Å². The molecule has 0 aliphatic rings. The highest BCUT2D eigenvalue weighted by Crippen LogP contribution is 2.30. The number of rotatable bonds is 6. The van der Waals surface area contributed by atoms with E-state index in [4.69, 9.17) is 13.9 Å². The number of ether oxygens (including phenoxy) is 2. The Kier molecular flexibility index (Phi) is 4.53. The molecule has 120 valence electrons. The summed E-state index contributed by atoms with van der Waals surface area (Å²) in [4.78, 5) is 0. The molecule has 0 bridgehead atoms. The third-order valence-corrected chi connectivity index (χ3v) is 3.92. The lowest BCUT2D eigenvalue weighted by Gasteiger charge is -2.12. The first kappa shape index (κ1) is 15.4. The summed E-state index contributed by atoms with van der Waals surface area (Å²) in [5.41, 5.74) is 1.96. The molecular weight excluding hydrogens is 290 g/mol. The lowest BCUT2D eigenvalue weighted by molar-refractivity contribution is 0.399. The number of para-hydroxylation sites is 1. The molecule has 0 aliphatic carbocycles. The van der Waals surface area contributed by atoms with Crippen molar-refractivity contribution in [2.45, 2.75) is 19.5 Å². The fourth-order valence-electron chi connectivity index (χ4n) is 2.58. The minimum absolute atomic E-state index is 0.0957. The van der Waals surface area contributed by atoms with Crippen LogP contribution >= 0.6 is 0 Å². The first-order chi connectivity index (χ1) is 11.2. The second-order valence-electron chi connectivity index (χ2n) is 5.48. The number of furan rings is 1. The van der Waals surface area contributed by atoms with Gasteiger partial charge in [-0.05, 0) is 36.8 Å². The van der Waals surface area contributed by atoms with E-state index in [9.17, 15) is 0 Å². The summed E-state index contributed by atoms with van der Waals surface area (Å²) in [6, 6.07) is 16.1. The van der Waals surface area contributed by atoms with E-state index in [0.717, 1.165) is 34.8 Å². The molecule has 0 saturated carbocycles. The van der Waals surface area contributed by atoms with Crippen LogP contribution in [0, 0.1) is 0 Å². The quantitative estimate of drug-likeness (QED) is 0.737. The molecule has 1 aromatic heterocycles. The molecule has 3 aromatic rings. The summed E-state index contributed by atoms with van der Waals surface area (Å²) >= 11 is 0. The molecule has 1 heterocycles. The molecule has 4 nitrogen and oxygen atoms in total. The van der Waals surface area contributed by atoms with Crippen LogP contribution in [0.4, 0.5) is 0 Å². The van der Waals surface area contributed by atoms with Gasteiger partial charge in [-0.15, -0.1) is 0 Å². The maximum Gasteiger partial charge on any atom is 0.176 e. The fourth-order valence-corrected chi connectivity index (χ4v) is 2.58. The van der Waals surface area contributed by atoms with Gasteiger partial charge in [-0.1, -0.05) is 24.3 Å². The van der Waals surface area contributed by atoms with Crippen LogP contribution < -0.4 is 14.8 Å². The minimum Gasteiger partial charge on any atom is -0.497 e. The maximum absolute atomic E-state index is 5.97. The second kappa shape index (κ2) is 6.75. The topological polar surface area (TPSA) is 43.6 Å². The SMILES string of the molecule is COc1cccc(CNC(C)c2cc3cccc(OC)c3o2)c1. The Morgan fingerprint density at radius 1 is 1.04 bits per heavy atom. The van der Waals surface area contributed by atoms with Crippen LogP contribution in [0.5, 0.6) is 11.5 Å². The van der Waals surface area contributed by atoms with Crippen LogP contribution in [0.25, 0.3) is 11.0 Å². The van der Waals surface area contributed by atoms with Gasteiger partial charge in [0.05, 0.1) is 20.3 Å². The van der Waals surface area contributed by atoms with Gasteiger partial charge in [0.2, 0.25) is 0 Å². The molecule has 1 N–H and O–H groups in total. The summed E-state index contributed by atoms with van der Waals surface area (Å²) in [6.07, 6.45) is 0. The first-order valence-electron chi connectivity index (χ1n) is 7.64. The van der Waals surface area contributed by atoms with Crippen LogP contribution in [0.2, 0.25) is 0 Å². The standard InChI is InChI=1S/C19H21NO3/c1-13(20-12-14-6-4-8-16(10-14)21-2)18-11-15-7-5-9-17(22-3)19(15)23-18/h4-11,13,20H,12H2,1-3H3. The lowest BCUT2D eigenvalue weighted by atomic mass is 10.1. The summed E-state index contributed by atoms with van der Waals surface area (Å²) in [7, 11) is 3.33. The van der Waals surface area contributed by atoms with Gasteiger partial charge in [0.25, 0.3) is 0 Å². The lowest BCUT2D eigenvalue weighted by Crippen LogP contribution is -2.17. The Hall–Kier alpha value is -2.46. The van der Waals surface area contributed by atoms with Gasteiger partial charge in [0, 0.05) is 11.9 Å². The van der Waals surface area contributed by atoms with E-state index in [-0.39, 0.29) is 6.04 Å². The molecule has 0 fully saturated rings. The van der Waals surface area contributed by atoms with E-state index < -0.39 is 0 Å². The number of nitrogens with one attached hydrogen (secondary N) is 1.